The number of likely N-dealkylation sites (tertiary alicyclic amines) is 1. The molecule has 0 bridgehead atoms. The maximum Gasteiger partial charge on any atom is 0.227 e. The summed E-state index contributed by atoms with van der Waals surface area (Å²) in [6.45, 7) is 6.51. The zero-order valence-electron chi connectivity index (χ0n) is 10.9. The standard InChI is InChI=1S/C13H24N2O2/c1-9-12(4-3-6-14-9)13(17)15-7-5-11(8-15)10(2)16/h9-12,14,16H,3-8H2,1-2H3. The molecule has 0 aliphatic carbocycles. The van der Waals surface area contributed by atoms with Gasteiger partial charge < -0.3 is 15.3 Å². The molecule has 4 atom stereocenters. The second kappa shape index (κ2) is 5.36. The van der Waals surface area contributed by atoms with Crippen molar-refractivity contribution in [1.29, 1.82) is 0 Å². The van der Waals surface area contributed by atoms with Gasteiger partial charge in [0.1, 0.15) is 0 Å². The SMILES string of the molecule is CC(O)C1CCN(C(=O)C2CCCNC2C)C1. The number of hydrogen-bond donors (Lipinski definition) is 2. The fourth-order valence-corrected chi connectivity index (χ4v) is 3.00. The van der Waals surface area contributed by atoms with Crippen LogP contribution in [0.5, 0.6) is 0 Å². The van der Waals surface area contributed by atoms with Crippen molar-refractivity contribution in [1.82, 2.24) is 10.2 Å². The fourth-order valence-electron chi connectivity index (χ4n) is 3.00. The van der Waals surface area contributed by atoms with Crippen LogP contribution in [-0.4, -0.2) is 47.7 Å². The van der Waals surface area contributed by atoms with Crippen LogP contribution >= 0.6 is 0 Å². The van der Waals surface area contributed by atoms with Crippen molar-refractivity contribution in [3.05, 3.63) is 0 Å². The zero-order chi connectivity index (χ0) is 12.4. The van der Waals surface area contributed by atoms with Gasteiger partial charge in [-0.25, -0.2) is 0 Å². The molecule has 2 rings (SSSR count). The molecule has 4 heteroatoms. The molecule has 2 aliphatic rings. The van der Waals surface area contributed by atoms with Crippen molar-refractivity contribution in [2.75, 3.05) is 19.6 Å². The van der Waals surface area contributed by atoms with Crippen molar-refractivity contribution in [3.8, 4) is 0 Å². The van der Waals surface area contributed by atoms with Gasteiger partial charge in [0.15, 0.2) is 0 Å². The molecule has 0 spiro atoms. The van der Waals surface area contributed by atoms with Crippen LogP contribution in [0.2, 0.25) is 0 Å². The first kappa shape index (κ1) is 12.8. The van der Waals surface area contributed by atoms with Gasteiger partial charge in [-0.15, -0.1) is 0 Å². The van der Waals surface area contributed by atoms with E-state index in [9.17, 15) is 9.90 Å². The van der Waals surface area contributed by atoms with Crippen molar-refractivity contribution in [2.45, 2.75) is 45.3 Å². The molecule has 0 radical (unpaired) electrons. The number of aliphatic hydroxyl groups excluding tert-OH is 1. The second-order valence-electron chi connectivity index (χ2n) is 5.57. The Morgan fingerprint density at radius 3 is 2.82 bits per heavy atom. The minimum Gasteiger partial charge on any atom is -0.393 e. The van der Waals surface area contributed by atoms with Crippen molar-refractivity contribution >= 4 is 5.91 Å². The molecule has 2 aliphatic heterocycles. The van der Waals surface area contributed by atoms with Gasteiger partial charge >= 0.3 is 0 Å². The first-order chi connectivity index (χ1) is 8.09. The molecule has 17 heavy (non-hydrogen) atoms. The lowest BCUT2D eigenvalue weighted by Gasteiger charge is -2.32. The van der Waals surface area contributed by atoms with E-state index in [2.05, 4.69) is 12.2 Å². The van der Waals surface area contributed by atoms with Crippen LogP contribution < -0.4 is 5.32 Å². The Morgan fingerprint density at radius 1 is 1.47 bits per heavy atom. The molecule has 2 N–H and O–H groups in total. The average Bonchev–Trinajstić information content (AvgIpc) is 2.78. The van der Waals surface area contributed by atoms with E-state index in [0.29, 0.717) is 6.04 Å². The molecule has 2 heterocycles. The molecule has 2 fully saturated rings. The summed E-state index contributed by atoms with van der Waals surface area (Å²) < 4.78 is 0. The minimum absolute atomic E-state index is 0.136. The molecular weight excluding hydrogens is 216 g/mol. The normalized spacial score (nSPS) is 35.9. The van der Waals surface area contributed by atoms with Gasteiger partial charge in [-0.05, 0) is 39.7 Å². The number of amides is 1. The molecule has 0 aromatic heterocycles. The Bertz CT molecular complexity index is 281. The van der Waals surface area contributed by atoms with Crippen molar-refractivity contribution in [3.63, 3.8) is 0 Å². The highest BCUT2D eigenvalue weighted by Gasteiger charge is 2.35. The third-order valence-electron chi connectivity index (χ3n) is 4.30. The number of nitrogens with zero attached hydrogens (tertiary/aromatic N) is 1. The summed E-state index contributed by atoms with van der Waals surface area (Å²) in [4.78, 5) is 14.3. The molecule has 98 valence electrons. The maximum atomic E-state index is 12.4. The predicted molar refractivity (Wildman–Crippen MR) is 66.6 cm³/mol. The van der Waals surface area contributed by atoms with Gasteiger partial charge in [-0.3, -0.25) is 4.79 Å². The molecule has 0 saturated carbocycles. The number of aliphatic hydroxyl groups is 1. The lowest BCUT2D eigenvalue weighted by Crippen LogP contribution is -2.47. The van der Waals surface area contributed by atoms with Gasteiger partial charge in [0, 0.05) is 25.0 Å². The third-order valence-corrected chi connectivity index (χ3v) is 4.30. The summed E-state index contributed by atoms with van der Waals surface area (Å²) in [7, 11) is 0. The van der Waals surface area contributed by atoms with Crippen LogP contribution in [0.4, 0.5) is 0 Å². The molecule has 0 aromatic rings. The molecule has 2 saturated heterocycles. The Morgan fingerprint density at radius 2 is 2.24 bits per heavy atom. The largest absolute Gasteiger partial charge is 0.393 e. The Kier molecular flexibility index (Phi) is 4.05. The lowest BCUT2D eigenvalue weighted by atomic mass is 9.91. The zero-order valence-corrected chi connectivity index (χ0v) is 10.9. The summed E-state index contributed by atoms with van der Waals surface area (Å²) >= 11 is 0. The summed E-state index contributed by atoms with van der Waals surface area (Å²) in [5.74, 6) is 0.690. The van der Waals surface area contributed by atoms with Crippen LogP contribution in [0.15, 0.2) is 0 Å². The van der Waals surface area contributed by atoms with Crippen LogP contribution in [0.25, 0.3) is 0 Å². The quantitative estimate of drug-likeness (QED) is 0.743. The summed E-state index contributed by atoms with van der Waals surface area (Å²) in [5.41, 5.74) is 0. The topological polar surface area (TPSA) is 52.6 Å². The highest BCUT2D eigenvalue weighted by Crippen LogP contribution is 2.25. The van der Waals surface area contributed by atoms with Gasteiger partial charge in [-0.1, -0.05) is 0 Å². The number of carbonyl (C=O) groups is 1. The van der Waals surface area contributed by atoms with Crippen LogP contribution in [-0.2, 0) is 4.79 Å². The Hall–Kier alpha value is -0.610. The monoisotopic (exact) mass is 240 g/mol. The Balaban J connectivity index is 1.92. The van der Waals surface area contributed by atoms with E-state index in [0.717, 1.165) is 38.9 Å². The van der Waals surface area contributed by atoms with Gasteiger partial charge in [-0.2, -0.15) is 0 Å². The van der Waals surface area contributed by atoms with E-state index < -0.39 is 0 Å². The van der Waals surface area contributed by atoms with Crippen LogP contribution in [0.1, 0.15) is 33.1 Å². The lowest BCUT2D eigenvalue weighted by molar-refractivity contribution is -0.136. The molecule has 1 amide bonds. The molecule has 4 unspecified atom stereocenters. The maximum absolute atomic E-state index is 12.4. The minimum atomic E-state index is -0.297. The molecule has 4 nitrogen and oxygen atoms in total. The van der Waals surface area contributed by atoms with E-state index in [1.54, 1.807) is 0 Å². The van der Waals surface area contributed by atoms with Crippen molar-refractivity contribution < 1.29 is 9.90 Å². The Labute approximate surface area is 103 Å². The summed E-state index contributed by atoms with van der Waals surface area (Å²) in [5, 5.41) is 12.9. The number of rotatable bonds is 2. The van der Waals surface area contributed by atoms with Gasteiger partial charge in [0.2, 0.25) is 5.91 Å². The first-order valence-corrected chi connectivity index (χ1v) is 6.80. The molecule has 0 aromatic carbocycles. The predicted octanol–water partition coefficient (Wildman–Crippen LogP) is 0.604. The first-order valence-electron chi connectivity index (χ1n) is 6.80. The smallest absolute Gasteiger partial charge is 0.227 e. The number of piperidine rings is 1. The second-order valence-corrected chi connectivity index (χ2v) is 5.57. The van der Waals surface area contributed by atoms with E-state index in [1.165, 1.54) is 0 Å². The van der Waals surface area contributed by atoms with Crippen LogP contribution in [0, 0.1) is 11.8 Å². The fraction of sp³-hybridized carbons (Fsp3) is 0.923. The van der Waals surface area contributed by atoms with E-state index >= 15 is 0 Å². The van der Waals surface area contributed by atoms with E-state index in [1.807, 2.05) is 11.8 Å². The van der Waals surface area contributed by atoms with Gasteiger partial charge in [0.25, 0.3) is 0 Å². The summed E-state index contributed by atoms with van der Waals surface area (Å²) in [6.07, 6.45) is 2.74. The summed E-state index contributed by atoms with van der Waals surface area (Å²) in [6, 6.07) is 0.293. The van der Waals surface area contributed by atoms with Crippen LogP contribution in [0.3, 0.4) is 0 Å². The third kappa shape index (κ3) is 2.80. The average molecular weight is 240 g/mol. The molecular formula is C13H24N2O2. The van der Waals surface area contributed by atoms with E-state index in [-0.39, 0.29) is 23.8 Å². The number of carbonyl (C=O) groups excluding carboxylic acids is 1. The highest BCUT2D eigenvalue weighted by atomic mass is 16.3. The van der Waals surface area contributed by atoms with Gasteiger partial charge in [0.05, 0.1) is 12.0 Å². The highest BCUT2D eigenvalue weighted by molar-refractivity contribution is 5.80. The van der Waals surface area contributed by atoms with Crippen molar-refractivity contribution in [2.24, 2.45) is 11.8 Å². The number of hydrogen-bond acceptors (Lipinski definition) is 3. The van der Waals surface area contributed by atoms with E-state index in [4.69, 9.17) is 0 Å². The number of nitrogens with one attached hydrogen (secondary N) is 1.